The highest BCUT2D eigenvalue weighted by Gasteiger charge is 2.18. The van der Waals surface area contributed by atoms with Crippen LogP contribution in [0.25, 0.3) is 32.9 Å². The molecule has 0 amide bonds. The predicted octanol–water partition coefficient (Wildman–Crippen LogP) is 4.73. The van der Waals surface area contributed by atoms with Gasteiger partial charge in [0.05, 0.1) is 16.6 Å². The smallest absolute Gasteiger partial charge is 0.101 e. The standard InChI is InChI=1S/C20H11N3/c21-11-14-10-16-15-8-4-5-9-18(15)23-20(16)19(17(14)12-22)13-6-2-1-3-7-13/h1-10,23H. The van der Waals surface area contributed by atoms with Crippen LogP contribution >= 0.6 is 0 Å². The van der Waals surface area contributed by atoms with Crippen molar-refractivity contribution in [1.29, 1.82) is 10.5 Å². The van der Waals surface area contributed by atoms with Gasteiger partial charge >= 0.3 is 0 Å². The van der Waals surface area contributed by atoms with E-state index in [0.29, 0.717) is 11.1 Å². The van der Waals surface area contributed by atoms with Crippen molar-refractivity contribution in [3.05, 3.63) is 71.8 Å². The maximum absolute atomic E-state index is 9.61. The molecule has 4 aromatic rings. The molecule has 4 rings (SSSR count). The number of aromatic amines is 1. The van der Waals surface area contributed by atoms with E-state index in [-0.39, 0.29) is 0 Å². The molecule has 0 fully saturated rings. The van der Waals surface area contributed by atoms with Crippen molar-refractivity contribution in [2.75, 3.05) is 0 Å². The van der Waals surface area contributed by atoms with Gasteiger partial charge in [0.1, 0.15) is 12.1 Å². The van der Waals surface area contributed by atoms with Crippen LogP contribution in [-0.4, -0.2) is 4.98 Å². The maximum Gasteiger partial charge on any atom is 0.101 e. The number of nitriles is 2. The lowest BCUT2D eigenvalue weighted by Crippen LogP contribution is -1.91. The van der Waals surface area contributed by atoms with E-state index in [1.165, 1.54) is 0 Å². The highest BCUT2D eigenvalue weighted by atomic mass is 14.7. The van der Waals surface area contributed by atoms with Crippen LogP contribution in [0, 0.1) is 22.7 Å². The van der Waals surface area contributed by atoms with Gasteiger partial charge in [0, 0.05) is 21.9 Å². The second kappa shape index (κ2) is 5.02. The zero-order chi connectivity index (χ0) is 15.8. The van der Waals surface area contributed by atoms with Crippen LogP contribution in [0.5, 0.6) is 0 Å². The molecular formula is C20H11N3. The normalized spacial score (nSPS) is 10.5. The van der Waals surface area contributed by atoms with Crippen molar-refractivity contribution in [3.63, 3.8) is 0 Å². The van der Waals surface area contributed by atoms with E-state index in [1.807, 2.05) is 54.6 Å². The lowest BCUT2D eigenvalue weighted by atomic mass is 9.93. The summed E-state index contributed by atoms with van der Waals surface area (Å²) in [5.74, 6) is 0. The Bertz CT molecular complexity index is 1120. The average molecular weight is 293 g/mol. The van der Waals surface area contributed by atoms with E-state index in [0.717, 1.165) is 32.9 Å². The molecule has 0 radical (unpaired) electrons. The van der Waals surface area contributed by atoms with Crippen molar-refractivity contribution in [1.82, 2.24) is 4.98 Å². The number of fused-ring (bicyclic) bond motifs is 3. The first-order valence-corrected chi connectivity index (χ1v) is 7.26. The fourth-order valence-corrected chi connectivity index (χ4v) is 3.08. The molecule has 23 heavy (non-hydrogen) atoms. The Hall–Kier alpha value is -3.56. The minimum atomic E-state index is 0.406. The van der Waals surface area contributed by atoms with Crippen molar-refractivity contribution in [2.45, 2.75) is 0 Å². The second-order valence-electron chi connectivity index (χ2n) is 5.36. The van der Waals surface area contributed by atoms with Gasteiger partial charge in [-0.3, -0.25) is 0 Å². The number of H-pyrrole nitrogens is 1. The number of nitrogens with one attached hydrogen (secondary N) is 1. The minimum absolute atomic E-state index is 0.406. The molecule has 0 spiro atoms. The zero-order valence-corrected chi connectivity index (χ0v) is 12.2. The summed E-state index contributed by atoms with van der Waals surface area (Å²) < 4.78 is 0. The fourth-order valence-electron chi connectivity index (χ4n) is 3.08. The van der Waals surface area contributed by atoms with Gasteiger partial charge in [0.15, 0.2) is 0 Å². The first kappa shape index (κ1) is 13.1. The van der Waals surface area contributed by atoms with Gasteiger partial charge in [-0.25, -0.2) is 0 Å². The van der Waals surface area contributed by atoms with Gasteiger partial charge in [-0.1, -0.05) is 48.5 Å². The number of hydrogen-bond donors (Lipinski definition) is 1. The van der Waals surface area contributed by atoms with Crippen LogP contribution in [-0.2, 0) is 0 Å². The molecule has 3 aromatic carbocycles. The molecule has 0 saturated carbocycles. The van der Waals surface area contributed by atoms with E-state index in [4.69, 9.17) is 0 Å². The molecule has 0 aliphatic heterocycles. The van der Waals surface area contributed by atoms with Gasteiger partial charge < -0.3 is 4.98 Å². The summed E-state index contributed by atoms with van der Waals surface area (Å²) in [6, 6.07) is 23.9. The third-order valence-electron chi connectivity index (χ3n) is 4.10. The molecule has 0 bridgehead atoms. The lowest BCUT2D eigenvalue weighted by Gasteiger charge is -2.08. The first-order chi connectivity index (χ1) is 11.3. The Morgan fingerprint density at radius 3 is 2.26 bits per heavy atom. The number of aromatic nitrogens is 1. The van der Waals surface area contributed by atoms with Gasteiger partial charge in [0.25, 0.3) is 0 Å². The third-order valence-corrected chi connectivity index (χ3v) is 4.10. The van der Waals surface area contributed by atoms with E-state index < -0.39 is 0 Å². The van der Waals surface area contributed by atoms with Crippen LogP contribution in [0.15, 0.2) is 60.7 Å². The van der Waals surface area contributed by atoms with Crippen LogP contribution in [0.3, 0.4) is 0 Å². The highest BCUT2D eigenvalue weighted by molar-refractivity contribution is 6.13. The van der Waals surface area contributed by atoms with E-state index in [1.54, 1.807) is 6.07 Å². The largest absolute Gasteiger partial charge is 0.354 e. The van der Waals surface area contributed by atoms with Crippen LogP contribution in [0.2, 0.25) is 0 Å². The highest BCUT2D eigenvalue weighted by Crippen LogP contribution is 2.37. The van der Waals surface area contributed by atoms with Gasteiger partial charge in [-0.05, 0) is 17.7 Å². The summed E-state index contributed by atoms with van der Waals surface area (Å²) in [5.41, 5.74) is 4.43. The Morgan fingerprint density at radius 2 is 1.52 bits per heavy atom. The third kappa shape index (κ3) is 1.88. The summed E-state index contributed by atoms with van der Waals surface area (Å²) in [6.07, 6.45) is 0. The van der Waals surface area contributed by atoms with Crippen molar-refractivity contribution >= 4 is 21.8 Å². The van der Waals surface area contributed by atoms with Crippen LogP contribution < -0.4 is 0 Å². The number of hydrogen-bond acceptors (Lipinski definition) is 2. The fraction of sp³-hybridized carbons (Fsp3) is 0. The summed E-state index contributed by atoms with van der Waals surface area (Å²) in [7, 11) is 0. The summed E-state index contributed by atoms with van der Waals surface area (Å²) >= 11 is 0. The molecule has 0 saturated heterocycles. The Balaban J connectivity index is 2.26. The molecule has 0 atom stereocenters. The number of benzene rings is 3. The summed E-state index contributed by atoms with van der Waals surface area (Å²) in [5, 5.41) is 21.1. The molecule has 3 nitrogen and oxygen atoms in total. The molecule has 0 unspecified atom stereocenters. The van der Waals surface area contributed by atoms with Crippen molar-refractivity contribution in [2.24, 2.45) is 0 Å². The van der Waals surface area contributed by atoms with Crippen molar-refractivity contribution < 1.29 is 0 Å². The van der Waals surface area contributed by atoms with E-state index in [9.17, 15) is 10.5 Å². The summed E-state index contributed by atoms with van der Waals surface area (Å²) in [6.45, 7) is 0. The summed E-state index contributed by atoms with van der Waals surface area (Å²) in [4.78, 5) is 3.41. The quantitative estimate of drug-likeness (QED) is 0.551. The molecule has 1 aromatic heterocycles. The molecule has 1 N–H and O–H groups in total. The van der Waals surface area contributed by atoms with E-state index >= 15 is 0 Å². The average Bonchev–Trinajstić information content (AvgIpc) is 2.98. The SMILES string of the molecule is N#Cc1cc2c([nH]c3ccccc32)c(-c2ccccc2)c1C#N. The molecule has 0 aliphatic rings. The molecule has 106 valence electrons. The zero-order valence-electron chi connectivity index (χ0n) is 12.2. The minimum Gasteiger partial charge on any atom is -0.354 e. The lowest BCUT2D eigenvalue weighted by molar-refractivity contribution is 1.43. The van der Waals surface area contributed by atoms with Gasteiger partial charge in [-0.15, -0.1) is 0 Å². The first-order valence-electron chi connectivity index (χ1n) is 7.26. The Labute approximate surface area is 133 Å². The molecular weight excluding hydrogens is 282 g/mol. The van der Waals surface area contributed by atoms with Crippen LogP contribution in [0.4, 0.5) is 0 Å². The Morgan fingerprint density at radius 1 is 0.783 bits per heavy atom. The van der Waals surface area contributed by atoms with Crippen molar-refractivity contribution in [3.8, 4) is 23.3 Å². The molecule has 1 heterocycles. The number of para-hydroxylation sites is 1. The second-order valence-corrected chi connectivity index (χ2v) is 5.36. The number of rotatable bonds is 1. The number of nitrogens with zero attached hydrogens (tertiary/aromatic N) is 2. The molecule has 0 aliphatic carbocycles. The Kier molecular flexibility index (Phi) is 2.86. The monoisotopic (exact) mass is 293 g/mol. The van der Waals surface area contributed by atoms with Crippen LogP contribution in [0.1, 0.15) is 11.1 Å². The molecule has 3 heteroatoms. The van der Waals surface area contributed by atoms with E-state index in [2.05, 4.69) is 17.1 Å². The van der Waals surface area contributed by atoms with Gasteiger partial charge in [0.2, 0.25) is 0 Å². The predicted molar refractivity (Wildman–Crippen MR) is 90.7 cm³/mol. The van der Waals surface area contributed by atoms with Gasteiger partial charge in [-0.2, -0.15) is 10.5 Å². The topological polar surface area (TPSA) is 63.4 Å². The maximum atomic E-state index is 9.61.